The predicted octanol–water partition coefficient (Wildman–Crippen LogP) is 3.78. The average molecular weight is 231 g/mol. The van der Waals surface area contributed by atoms with Gasteiger partial charge in [-0.2, -0.15) is 22.0 Å². The first-order valence-corrected chi connectivity index (χ1v) is 4.72. The first kappa shape index (κ1) is 14.2. The molecule has 0 atom stereocenters. The van der Waals surface area contributed by atoms with Crippen LogP contribution in [-0.4, -0.2) is 24.2 Å². The Morgan fingerprint density at radius 3 is 1.67 bits per heavy atom. The summed E-state index contributed by atoms with van der Waals surface area (Å²) >= 11 is 0. The summed E-state index contributed by atoms with van der Waals surface area (Å²) in [7, 11) is 0. The number of nitrogens with zero attached hydrogens (tertiary/aromatic N) is 1. The van der Waals surface area contributed by atoms with Gasteiger partial charge in [0.15, 0.2) is 0 Å². The molecule has 0 radical (unpaired) electrons. The van der Waals surface area contributed by atoms with Crippen LogP contribution in [-0.2, 0) is 0 Å². The van der Waals surface area contributed by atoms with E-state index in [1.807, 2.05) is 0 Å². The lowest BCUT2D eigenvalue weighted by Gasteiger charge is -2.21. The normalized spacial score (nSPS) is 13.8. The molecule has 0 rings (SSSR count). The molecule has 0 fully saturated rings. The Labute approximate surface area is 85.6 Å². The van der Waals surface area contributed by atoms with E-state index in [9.17, 15) is 22.0 Å². The van der Waals surface area contributed by atoms with Gasteiger partial charge in [0, 0.05) is 13.1 Å². The zero-order valence-corrected chi connectivity index (χ0v) is 8.67. The van der Waals surface area contributed by atoms with Crippen LogP contribution in [0.3, 0.4) is 0 Å². The molecule has 1 nitrogen and oxygen atoms in total. The Bertz CT molecular complexity index is 215. The van der Waals surface area contributed by atoms with Crippen LogP contribution in [0.15, 0.2) is 11.8 Å². The molecule has 0 aliphatic heterocycles. The van der Waals surface area contributed by atoms with Crippen molar-refractivity contribution in [3.8, 4) is 0 Å². The fraction of sp³-hybridized carbons (Fsp3) is 0.778. The number of rotatable bonds is 5. The van der Waals surface area contributed by atoms with Gasteiger partial charge in [0.25, 0.3) is 5.83 Å². The summed E-state index contributed by atoms with van der Waals surface area (Å²) in [5.74, 6) is -4.46. The Hall–Kier alpha value is -0.810. The van der Waals surface area contributed by atoms with Gasteiger partial charge in [-0.3, -0.25) is 0 Å². The summed E-state index contributed by atoms with van der Waals surface area (Å²) in [4.78, 5) is 0.767. The van der Waals surface area contributed by atoms with Crippen LogP contribution >= 0.6 is 0 Å². The molecular formula is C9H14F5N. The molecule has 6 heteroatoms. The van der Waals surface area contributed by atoms with Crippen molar-refractivity contribution in [1.29, 1.82) is 0 Å². The maximum Gasteiger partial charge on any atom is 0.447 e. The van der Waals surface area contributed by atoms with E-state index in [0.717, 1.165) is 4.90 Å². The Morgan fingerprint density at radius 2 is 1.40 bits per heavy atom. The topological polar surface area (TPSA) is 3.24 Å². The molecule has 0 N–H and O–H groups in total. The van der Waals surface area contributed by atoms with E-state index < -0.39 is 18.0 Å². The first-order valence-electron chi connectivity index (χ1n) is 4.72. The van der Waals surface area contributed by atoms with E-state index in [4.69, 9.17) is 0 Å². The van der Waals surface area contributed by atoms with E-state index in [-0.39, 0.29) is 13.1 Å². The molecule has 0 saturated carbocycles. The first-order chi connectivity index (χ1) is 6.84. The van der Waals surface area contributed by atoms with Gasteiger partial charge in [-0.05, 0) is 12.8 Å². The van der Waals surface area contributed by atoms with Gasteiger partial charge >= 0.3 is 6.18 Å². The number of alkyl halides is 3. The van der Waals surface area contributed by atoms with Gasteiger partial charge in [0.1, 0.15) is 0 Å². The van der Waals surface area contributed by atoms with Gasteiger partial charge in [0.2, 0.25) is 5.95 Å². The molecule has 15 heavy (non-hydrogen) atoms. The van der Waals surface area contributed by atoms with Crippen molar-refractivity contribution in [2.45, 2.75) is 32.9 Å². The average Bonchev–Trinajstić information content (AvgIpc) is 2.14. The highest BCUT2D eigenvalue weighted by atomic mass is 19.4. The quantitative estimate of drug-likeness (QED) is 0.514. The molecule has 0 saturated heterocycles. The minimum absolute atomic E-state index is 0.0726. The summed E-state index contributed by atoms with van der Waals surface area (Å²) in [6.45, 7) is 3.51. The second-order valence-electron chi connectivity index (χ2n) is 3.09. The highest BCUT2D eigenvalue weighted by Crippen LogP contribution is 2.31. The molecule has 0 heterocycles. The van der Waals surface area contributed by atoms with Crippen LogP contribution in [0, 0.1) is 0 Å². The van der Waals surface area contributed by atoms with Crippen LogP contribution in [0.25, 0.3) is 0 Å². The summed E-state index contributed by atoms with van der Waals surface area (Å²) < 4.78 is 61.1. The SMILES string of the molecule is CCCN(CCC)C(F)=C(F)C(F)(F)F. The van der Waals surface area contributed by atoms with Crippen molar-refractivity contribution in [1.82, 2.24) is 4.90 Å². The number of halogens is 5. The van der Waals surface area contributed by atoms with Crippen LogP contribution < -0.4 is 0 Å². The lowest BCUT2D eigenvalue weighted by molar-refractivity contribution is -0.113. The Balaban J connectivity index is 4.80. The van der Waals surface area contributed by atoms with Gasteiger partial charge in [-0.1, -0.05) is 13.8 Å². The molecule has 0 unspecified atom stereocenters. The van der Waals surface area contributed by atoms with Gasteiger partial charge < -0.3 is 4.90 Å². The molecule has 0 aliphatic rings. The van der Waals surface area contributed by atoms with E-state index in [1.54, 1.807) is 13.8 Å². The van der Waals surface area contributed by atoms with Crippen molar-refractivity contribution < 1.29 is 22.0 Å². The number of allylic oxidation sites excluding steroid dienone is 1. The third kappa shape index (κ3) is 4.48. The third-order valence-electron chi connectivity index (χ3n) is 1.69. The van der Waals surface area contributed by atoms with Crippen molar-refractivity contribution in [3.05, 3.63) is 11.8 Å². The summed E-state index contributed by atoms with van der Waals surface area (Å²) in [6.07, 6.45) is -4.33. The number of hydrogen-bond donors (Lipinski definition) is 0. The van der Waals surface area contributed by atoms with E-state index >= 15 is 0 Å². The van der Waals surface area contributed by atoms with Gasteiger partial charge in [-0.25, -0.2) is 0 Å². The van der Waals surface area contributed by atoms with Crippen molar-refractivity contribution in [2.75, 3.05) is 13.1 Å². The van der Waals surface area contributed by atoms with Crippen molar-refractivity contribution in [3.63, 3.8) is 0 Å². The van der Waals surface area contributed by atoms with Crippen molar-refractivity contribution in [2.24, 2.45) is 0 Å². The molecule has 0 aromatic heterocycles. The summed E-state index contributed by atoms with van der Waals surface area (Å²) in [5, 5.41) is 0. The molecule has 0 amide bonds. The molecule has 0 aromatic rings. The summed E-state index contributed by atoms with van der Waals surface area (Å²) in [6, 6.07) is 0. The smallest absolute Gasteiger partial charge is 0.346 e. The van der Waals surface area contributed by atoms with E-state index in [0.29, 0.717) is 12.8 Å². The van der Waals surface area contributed by atoms with E-state index in [2.05, 4.69) is 0 Å². The van der Waals surface area contributed by atoms with E-state index in [1.165, 1.54) is 0 Å². The number of hydrogen-bond acceptors (Lipinski definition) is 1. The Morgan fingerprint density at radius 1 is 1.00 bits per heavy atom. The lowest BCUT2D eigenvalue weighted by atomic mass is 10.3. The third-order valence-corrected chi connectivity index (χ3v) is 1.69. The maximum absolute atomic E-state index is 13.0. The molecule has 0 aliphatic carbocycles. The fourth-order valence-electron chi connectivity index (χ4n) is 1.10. The Kier molecular flexibility index (Phi) is 5.60. The summed E-state index contributed by atoms with van der Waals surface area (Å²) in [5.41, 5.74) is 0. The second kappa shape index (κ2) is 5.92. The lowest BCUT2D eigenvalue weighted by Crippen LogP contribution is -2.26. The molecule has 0 spiro atoms. The fourth-order valence-corrected chi connectivity index (χ4v) is 1.10. The minimum Gasteiger partial charge on any atom is -0.346 e. The molecule has 0 aromatic carbocycles. The molecule has 90 valence electrons. The van der Waals surface area contributed by atoms with Crippen molar-refractivity contribution >= 4 is 0 Å². The van der Waals surface area contributed by atoms with Crippen LogP contribution in [0.4, 0.5) is 22.0 Å². The van der Waals surface area contributed by atoms with Crippen LogP contribution in [0.5, 0.6) is 0 Å². The zero-order valence-electron chi connectivity index (χ0n) is 8.67. The van der Waals surface area contributed by atoms with Crippen LogP contribution in [0.2, 0.25) is 0 Å². The molecular weight excluding hydrogens is 217 g/mol. The van der Waals surface area contributed by atoms with Gasteiger partial charge in [-0.15, -0.1) is 0 Å². The standard InChI is InChI=1S/C9H14F5N/c1-3-5-15(6-4-2)8(11)7(10)9(12,13)14/h3-6H2,1-2H3. The van der Waals surface area contributed by atoms with Gasteiger partial charge in [0.05, 0.1) is 0 Å². The predicted molar refractivity (Wildman–Crippen MR) is 47.5 cm³/mol. The van der Waals surface area contributed by atoms with Crippen LogP contribution in [0.1, 0.15) is 26.7 Å². The highest BCUT2D eigenvalue weighted by molar-refractivity contribution is 5.05. The maximum atomic E-state index is 13.0. The second-order valence-corrected chi connectivity index (χ2v) is 3.09. The minimum atomic E-state index is -5.25. The highest BCUT2D eigenvalue weighted by Gasteiger charge is 2.39. The monoisotopic (exact) mass is 231 g/mol. The largest absolute Gasteiger partial charge is 0.447 e. The zero-order chi connectivity index (χ0) is 12.1. The molecule has 0 bridgehead atoms.